The van der Waals surface area contributed by atoms with Crippen molar-refractivity contribution < 1.29 is 14.0 Å². The van der Waals surface area contributed by atoms with Gasteiger partial charge in [-0.1, -0.05) is 39.0 Å². The molecule has 0 saturated carbocycles. The second-order valence-corrected chi connectivity index (χ2v) is 12.2. The van der Waals surface area contributed by atoms with Gasteiger partial charge in [0.15, 0.2) is 8.32 Å². The standard InChI is InChI=1S/C17H27NO3Si/c1-17(2,3)22(5,6)21-14-11-13-9-7-8-10-15(13)18(12-14)16(19)20-4/h7-10,14H,11-12H2,1-6H3/t14-/m1/s1. The van der Waals surface area contributed by atoms with Gasteiger partial charge in [-0.2, -0.15) is 0 Å². The van der Waals surface area contributed by atoms with Gasteiger partial charge in [0, 0.05) is 6.42 Å². The number of carbonyl (C=O) groups is 1. The summed E-state index contributed by atoms with van der Waals surface area (Å²) in [5, 5.41) is 0.153. The second kappa shape index (κ2) is 6.05. The largest absolute Gasteiger partial charge is 0.452 e. The van der Waals surface area contributed by atoms with Gasteiger partial charge in [-0.3, -0.25) is 4.90 Å². The number of para-hydroxylation sites is 1. The lowest BCUT2D eigenvalue weighted by Gasteiger charge is -2.42. The molecule has 1 heterocycles. The Morgan fingerprint density at radius 2 is 1.91 bits per heavy atom. The van der Waals surface area contributed by atoms with E-state index in [1.807, 2.05) is 18.2 Å². The van der Waals surface area contributed by atoms with Gasteiger partial charge in [-0.25, -0.2) is 4.79 Å². The van der Waals surface area contributed by atoms with E-state index in [4.69, 9.17) is 9.16 Å². The number of carbonyl (C=O) groups excluding carboxylic acids is 1. The SMILES string of the molecule is COC(=O)N1C[C@H](O[Si](C)(C)C(C)(C)C)Cc2ccccc21. The smallest absolute Gasteiger partial charge is 0.414 e. The topological polar surface area (TPSA) is 38.8 Å². The fourth-order valence-corrected chi connectivity index (χ4v) is 3.86. The van der Waals surface area contributed by atoms with Crippen molar-refractivity contribution in [3.63, 3.8) is 0 Å². The Bertz CT molecular complexity index is 551. The average Bonchev–Trinajstić information content (AvgIpc) is 2.44. The predicted molar refractivity (Wildman–Crippen MR) is 92.0 cm³/mol. The molecule has 0 unspecified atom stereocenters. The normalized spacial score (nSPS) is 18.8. The molecule has 1 aliphatic heterocycles. The molecule has 1 aliphatic rings. The van der Waals surface area contributed by atoms with Crippen LogP contribution in [0.3, 0.4) is 0 Å². The van der Waals surface area contributed by atoms with E-state index in [1.165, 1.54) is 7.11 Å². The van der Waals surface area contributed by atoms with Crippen LogP contribution in [-0.4, -0.2) is 34.2 Å². The summed E-state index contributed by atoms with van der Waals surface area (Å²) in [6, 6.07) is 7.98. The molecule has 0 N–H and O–H groups in total. The van der Waals surface area contributed by atoms with Crippen LogP contribution in [0.1, 0.15) is 26.3 Å². The average molecular weight is 321 g/mol. The van der Waals surface area contributed by atoms with Crippen molar-refractivity contribution in [3.8, 4) is 0 Å². The van der Waals surface area contributed by atoms with Crippen molar-refractivity contribution in [1.29, 1.82) is 0 Å². The predicted octanol–water partition coefficient (Wildman–Crippen LogP) is 4.21. The van der Waals surface area contributed by atoms with Crippen LogP contribution >= 0.6 is 0 Å². The quantitative estimate of drug-likeness (QED) is 0.766. The molecule has 0 saturated heterocycles. The molecule has 0 bridgehead atoms. The summed E-state index contributed by atoms with van der Waals surface area (Å²) in [6.45, 7) is 11.7. The van der Waals surface area contributed by atoms with Crippen molar-refractivity contribution in [3.05, 3.63) is 29.8 Å². The van der Waals surface area contributed by atoms with Crippen molar-refractivity contribution in [2.24, 2.45) is 0 Å². The zero-order chi connectivity index (χ0) is 16.5. The summed E-state index contributed by atoms with van der Waals surface area (Å²) in [5.74, 6) is 0. The molecule has 1 atom stereocenters. The number of ether oxygens (including phenoxy) is 1. The fourth-order valence-electron chi connectivity index (χ4n) is 2.51. The van der Waals surface area contributed by atoms with E-state index in [-0.39, 0.29) is 17.2 Å². The Labute approximate surface area is 134 Å². The number of methoxy groups -OCH3 is 1. The Hall–Kier alpha value is -1.33. The van der Waals surface area contributed by atoms with Crippen LogP contribution < -0.4 is 4.90 Å². The van der Waals surface area contributed by atoms with Crippen molar-refractivity contribution >= 4 is 20.1 Å². The van der Waals surface area contributed by atoms with Crippen LogP contribution in [0.2, 0.25) is 18.1 Å². The summed E-state index contributed by atoms with van der Waals surface area (Å²) in [4.78, 5) is 13.8. The molecule has 0 fully saturated rings. The third-order valence-electron chi connectivity index (χ3n) is 4.78. The van der Waals surface area contributed by atoms with E-state index in [0.717, 1.165) is 17.7 Å². The number of nitrogens with zero attached hydrogens (tertiary/aromatic N) is 1. The molecule has 0 radical (unpaired) electrons. The Morgan fingerprint density at radius 3 is 2.50 bits per heavy atom. The van der Waals surface area contributed by atoms with Gasteiger partial charge >= 0.3 is 6.09 Å². The van der Waals surface area contributed by atoms with E-state index in [9.17, 15) is 4.79 Å². The molecule has 1 aromatic carbocycles. The molecular formula is C17H27NO3Si. The molecule has 122 valence electrons. The summed E-state index contributed by atoms with van der Waals surface area (Å²) in [6.07, 6.45) is 0.543. The van der Waals surface area contributed by atoms with E-state index >= 15 is 0 Å². The summed E-state index contributed by atoms with van der Waals surface area (Å²) >= 11 is 0. The van der Waals surface area contributed by atoms with E-state index < -0.39 is 8.32 Å². The number of anilines is 1. The summed E-state index contributed by atoms with van der Waals surface area (Å²) in [5.41, 5.74) is 2.08. The lowest BCUT2D eigenvalue weighted by Crippen LogP contribution is -2.50. The zero-order valence-electron chi connectivity index (χ0n) is 14.5. The van der Waals surface area contributed by atoms with Gasteiger partial charge in [0.05, 0.1) is 25.4 Å². The third-order valence-corrected chi connectivity index (χ3v) is 9.31. The Morgan fingerprint density at radius 1 is 1.27 bits per heavy atom. The van der Waals surface area contributed by atoms with Crippen LogP contribution in [0.25, 0.3) is 0 Å². The van der Waals surface area contributed by atoms with Crippen molar-refractivity contribution in [2.45, 2.75) is 51.4 Å². The number of amides is 1. The lowest BCUT2D eigenvalue weighted by molar-refractivity contribution is 0.157. The van der Waals surface area contributed by atoms with Crippen LogP contribution in [0.4, 0.5) is 10.5 Å². The minimum Gasteiger partial charge on any atom is -0.452 e. The van der Waals surface area contributed by atoms with E-state index in [1.54, 1.807) is 4.90 Å². The minimum absolute atomic E-state index is 0.0230. The van der Waals surface area contributed by atoms with Crippen LogP contribution in [0.5, 0.6) is 0 Å². The summed E-state index contributed by atoms with van der Waals surface area (Å²) in [7, 11) is -0.447. The maximum Gasteiger partial charge on any atom is 0.414 e. The molecule has 4 nitrogen and oxygen atoms in total. The van der Waals surface area contributed by atoms with E-state index in [0.29, 0.717) is 6.54 Å². The van der Waals surface area contributed by atoms with Gasteiger partial charge in [-0.05, 0) is 29.8 Å². The number of benzene rings is 1. The molecule has 1 aromatic rings. The van der Waals surface area contributed by atoms with E-state index in [2.05, 4.69) is 39.9 Å². The van der Waals surface area contributed by atoms with Crippen LogP contribution in [0, 0.1) is 0 Å². The highest BCUT2D eigenvalue weighted by Crippen LogP contribution is 2.39. The molecule has 1 amide bonds. The maximum absolute atomic E-state index is 12.1. The van der Waals surface area contributed by atoms with Crippen LogP contribution in [-0.2, 0) is 15.6 Å². The highest BCUT2D eigenvalue weighted by Gasteiger charge is 2.41. The number of fused-ring (bicyclic) bond motifs is 1. The number of rotatable bonds is 2. The highest BCUT2D eigenvalue weighted by molar-refractivity contribution is 6.74. The first kappa shape index (κ1) is 17.0. The molecule has 5 heteroatoms. The zero-order valence-corrected chi connectivity index (χ0v) is 15.5. The third kappa shape index (κ3) is 3.36. The molecule has 22 heavy (non-hydrogen) atoms. The van der Waals surface area contributed by atoms with Gasteiger partial charge in [-0.15, -0.1) is 0 Å². The number of hydrogen-bond donors (Lipinski definition) is 0. The monoisotopic (exact) mass is 321 g/mol. The maximum atomic E-state index is 12.1. The van der Waals surface area contributed by atoms with Gasteiger partial charge in [0.1, 0.15) is 0 Å². The Balaban J connectivity index is 2.26. The fraction of sp³-hybridized carbons (Fsp3) is 0.588. The molecule has 0 aromatic heterocycles. The first-order chi connectivity index (χ1) is 10.2. The minimum atomic E-state index is -1.87. The van der Waals surface area contributed by atoms with Crippen LogP contribution in [0.15, 0.2) is 24.3 Å². The molecule has 2 rings (SSSR count). The number of hydrogen-bond acceptors (Lipinski definition) is 3. The first-order valence-electron chi connectivity index (χ1n) is 7.77. The highest BCUT2D eigenvalue weighted by atomic mass is 28.4. The second-order valence-electron chi connectivity index (χ2n) is 7.41. The molecule has 0 spiro atoms. The van der Waals surface area contributed by atoms with Gasteiger partial charge in [0.25, 0.3) is 0 Å². The Kier molecular flexibility index (Phi) is 4.68. The first-order valence-corrected chi connectivity index (χ1v) is 10.7. The van der Waals surface area contributed by atoms with Gasteiger partial charge < -0.3 is 9.16 Å². The van der Waals surface area contributed by atoms with Crippen molar-refractivity contribution in [2.75, 3.05) is 18.6 Å². The van der Waals surface area contributed by atoms with Gasteiger partial charge in [0.2, 0.25) is 0 Å². The summed E-state index contributed by atoms with van der Waals surface area (Å²) < 4.78 is 11.4. The van der Waals surface area contributed by atoms with Crippen molar-refractivity contribution in [1.82, 2.24) is 0 Å². The molecular weight excluding hydrogens is 294 g/mol. The lowest BCUT2D eigenvalue weighted by atomic mass is 10.0. The molecule has 0 aliphatic carbocycles.